The summed E-state index contributed by atoms with van der Waals surface area (Å²) < 4.78 is 1.82. The van der Waals surface area contributed by atoms with E-state index in [-0.39, 0.29) is 12.1 Å². The highest BCUT2D eigenvalue weighted by Gasteiger charge is 2.41. The lowest BCUT2D eigenvalue weighted by atomic mass is 10.2. The quantitative estimate of drug-likeness (QED) is 0.766. The maximum absolute atomic E-state index is 12.1. The summed E-state index contributed by atoms with van der Waals surface area (Å²) in [5.74, 6) is 0. The average molecular weight is 260 g/mol. The normalized spacial score (nSPS) is 21.8. The van der Waals surface area contributed by atoms with Crippen LogP contribution in [-0.4, -0.2) is 51.5 Å². The van der Waals surface area contributed by atoms with Crippen LogP contribution in [0.4, 0.5) is 4.79 Å². The number of amides is 2. The van der Waals surface area contributed by atoms with E-state index in [9.17, 15) is 4.79 Å². The smallest absolute Gasteiger partial charge is 0.314 e. The fraction of sp³-hybridized carbons (Fsp3) is 0.385. The largest absolute Gasteiger partial charge is 0.345 e. The zero-order valence-electron chi connectivity index (χ0n) is 10.8. The van der Waals surface area contributed by atoms with Crippen molar-refractivity contribution in [3.63, 3.8) is 0 Å². The number of hydroxylamine groups is 2. The Morgan fingerprint density at radius 2 is 2.47 bits per heavy atom. The van der Waals surface area contributed by atoms with Crippen molar-refractivity contribution < 1.29 is 9.63 Å². The van der Waals surface area contributed by atoms with Gasteiger partial charge in [0.1, 0.15) is 0 Å². The van der Waals surface area contributed by atoms with Crippen molar-refractivity contribution in [1.82, 2.24) is 19.7 Å². The van der Waals surface area contributed by atoms with Crippen LogP contribution in [0.1, 0.15) is 5.56 Å². The van der Waals surface area contributed by atoms with Gasteiger partial charge in [-0.15, -0.1) is 6.58 Å². The predicted octanol–water partition coefficient (Wildman–Crippen LogP) is 1.27. The molecule has 1 atom stereocenters. The second kappa shape index (κ2) is 4.55. The molecule has 0 saturated carbocycles. The number of carbonyl (C=O) groups excluding carboxylic acids is 1. The zero-order valence-corrected chi connectivity index (χ0v) is 10.8. The highest BCUT2D eigenvalue weighted by molar-refractivity contribution is 5.80. The Labute approximate surface area is 111 Å². The van der Waals surface area contributed by atoms with Gasteiger partial charge < -0.3 is 4.90 Å². The summed E-state index contributed by atoms with van der Waals surface area (Å²) >= 11 is 0. The van der Waals surface area contributed by atoms with Gasteiger partial charge in [-0.2, -0.15) is 10.2 Å². The minimum absolute atomic E-state index is 0.0549. The average Bonchev–Trinajstić information content (AvgIpc) is 2.92. The van der Waals surface area contributed by atoms with Gasteiger partial charge in [-0.1, -0.05) is 6.08 Å². The van der Waals surface area contributed by atoms with Crippen molar-refractivity contribution in [1.29, 1.82) is 0 Å². The molecule has 1 aromatic rings. The third kappa shape index (κ3) is 2.04. The van der Waals surface area contributed by atoms with E-state index < -0.39 is 0 Å². The molecule has 1 unspecified atom stereocenters. The molecule has 1 fully saturated rings. The molecule has 0 N–H and O–H groups in total. The number of rotatable bonds is 4. The first-order valence-corrected chi connectivity index (χ1v) is 6.23. The van der Waals surface area contributed by atoms with Gasteiger partial charge in [0.2, 0.25) is 0 Å². The second-order valence-electron chi connectivity index (χ2n) is 4.76. The molecule has 3 heterocycles. The van der Waals surface area contributed by atoms with Crippen molar-refractivity contribution in [2.24, 2.45) is 0 Å². The van der Waals surface area contributed by atoms with Crippen LogP contribution in [0.3, 0.4) is 0 Å². The van der Waals surface area contributed by atoms with Crippen molar-refractivity contribution in [2.75, 3.05) is 19.7 Å². The topological polar surface area (TPSA) is 50.6 Å². The summed E-state index contributed by atoms with van der Waals surface area (Å²) in [5, 5.41) is 5.70. The summed E-state index contributed by atoms with van der Waals surface area (Å²) in [4.78, 5) is 19.3. The van der Waals surface area contributed by atoms with Gasteiger partial charge in [0.25, 0.3) is 0 Å². The molecule has 19 heavy (non-hydrogen) atoms. The van der Waals surface area contributed by atoms with E-state index in [4.69, 9.17) is 4.84 Å². The summed E-state index contributed by atoms with van der Waals surface area (Å²) in [6.45, 7) is 7.14. The molecule has 0 aliphatic carbocycles. The zero-order chi connectivity index (χ0) is 13.4. The number of nitrogens with zero attached hydrogens (tertiary/aromatic N) is 4. The second-order valence-corrected chi connectivity index (χ2v) is 4.76. The van der Waals surface area contributed by atoms with Crippen LogP contribution in [0.5, 0.6) is 0 Å². The molecule has 2 aliphatic rings. The van der Waals surface area contributed by atoms with E-state index >= 15 is 0 Å². The SMILES string of the molecule is C=CCON1C(=O)N2CC(n3cc(C)cn3)=CC1C2. The highest BCUT2D eigenvalue weighted by atomic mass is 16.7. The third-order valence-corrected chi connectivity index (χ3v) is 3.24. The van der Waals surface area contributed by atoms with Crippen LogP contribution in [-0.2, 0) is 4.84 Å². The lowest BCUT2D eigenvalue weighted by Gasteiger charge is -2.21. The van der Waals surface area contributed by atoms with Crippen molar-refractivity contribution in [3.05, 3.63) is 36.7 Å². The Hall–Kier alpha value is -2.08. The molecule has 6 nitrogen and oxygen atoms in total. The van der Waals surface area contributed by atoms with E-state index in [0.717, 1.165) is 11.3 Å². The molecule has 6 heteroatoms. The van der Waals surface area contributed by atoms with E-state index in [2.05, 4.69) is 11.7 Å². The van der Waals surface area contributed by atoms with Gasteiger partial charge in [0, 0.05) is 12.7 Å². The minimum Gasteiger partial charge on any atom is -0.314 e. The van der Waals surface area contributed by atoms with Gasteiger partial charge in [0.15, 0.2) is 0 Å². The first kappa shape index (κ1) is 12.0. The molecule has 0 aromatic carbocycles. The molecule has 1 aromatic heterocycles. The van der Waals surface area contributed by atoms with Crippen LogP contribution < -0.4 is 0 Å². The van der Waals surface area contributed by atoms with Gasteiger partial charge in [0.05, 0.1) is 31.1 Å². The lowest BCUT2D eigenvalue weighted by Crippen LogP contribution is -2.33. The summed E-state index contributed by atoms with van der Waals surface area (Å²) in [7, 11) is 0. The Morgan fingerprint density at radius 3 is 3.16 bits per heavy atom. The Kier molecular flexibility index (Phi) is 2.87. The molecule has 3 rings (SSSR count). The fourth-order valence-electron chi connectivity index (χ4n) is 2.38. The molecule has 100 valence electrons. The predicted molar refractivity (Wildman–Crippen MR) is 70.0 cm³/mol. The lowest BCUT2D eigenvalue weighted by molar-refractivity contribution is -0.107. The van der Waals surface area contributed by atoms with E-state index in [1.165, 1.54) is 5.06 Å². The number of urea groups is 1. The highest BCUT2D eigenvalue weighted by Crippen LogP contribution is 2.26. The molecular weight excluding hydrogens is 244 g/mol. The molecule has 2 bridgehead atoms. The van der Waals surface area contributed by atoms with E-state index in [1.807, 2.05) is 23.9 Å². The van der Waals surface area contributed by atoms with Crippen LogP contribution in [0.25, 0.3) is 5.70 Å². The van der Waals surface area contributed by atoms with Crippen molar-refractivity contribution in [2.45, 2.75) is 13.0 Å². The maximum atomic E-state index is 12.1. The van der Waals surface area contributed by atoms with Gasteiger partial charge >= 0.3 is 6.03 Å². The van der Waals surface area contributed by atoms with E-state index in [0.29, 0.717) is 19.7 Å². The number of carbonyl (C=O) groups is 1. The first-order chi connectivity index (χ1) is 9.19. The maximum Gasteiger partial charge on any atom is 0.345 e. The van der Waals surface area contributed by atoms with Gasteiger partial charge in [-0.25, -0.2) is 9.48 Å². The number of aryl methyl sites for hydroxylation is 1. The third-order valence-electron chi connectivity index (χ3n) is 3.24. The molecular formula is C13H16N4O2. The standard InChI is InChI=1S/C13H16N4O2/c1-3-4-19-17-12-5-11(8-15(9-12)13(17)18)16-7-10(2)6-14-16/h3,5-7,12H,1,4,8-9H2,2H3. The Balaban J connectivity index is 1.84. The van der Waals surface area contributed by atoms with Gasteiger partial charge in [-0.3, -0.25) is 4.84 Å². The van der Waals surface area contributed by atoms with Crippen molar-refractivity contribution >= 4 is 11.7 Å². The van der Waals surface area contributed by atoms with Crippen LogP contribution in [0, 0.1) is 6.92 Å². The molecule has 0 radical (unpaired) electrons. The summed E-state index contributed by atoms with van der Waals surface area (Å²) in [6, 6.07) is -0.150. The number of fused-ring (bicyclic) bond motifs is 2. The molecule has 0 spiro atoms. The minimum atomic E-state index is -0.0954. The van der Waals surface area contributed by atoms with Crippen LogP contribution in [0.15, 0.2) is 31.1 Å². The van der Waals surface area contributed by atoms with Crippen LogP contribution >= 0.6 is 0 Å². The monoisotopic (exact) mass is 260 g/mol. The Bertz CT molecular complexity index is 549. The van der Waals surface area contributed by atoms with Crippen LogP contribution in [0.2, 0.25) is 0 Å². The molecule has 2 amide bonds. The number of hydrogen-bond acceptors (Lipinski definition) is 3. The summed E-state index contributed by atoms with van der Waals surface area (Å²) in [5.41, 5.74) is 2.10. The van der Waals surface area contributed by atoms with E-state index in [1.54, 1.807) is 17.2 Å². The fourth-order valence-corrected chi connectivity index (χ4v) is 2.38. The summed E-state index contributed by atoms with van der Waals surface area (Å²) in [6.07, 6.45) is 7.43. The first-order valence-electron chi connectivity index (χ1n) is 6.23. The Morgan fingerprint density at radius 1 is 1.63 bits per heavy atom. The number of aromatic nitrogens is 2. The molecule has 1 saturated heterocycles. The van der Waals surface area contributed by atoms with Crippen molar-refractivity contribution in [3.8, 4) is 0 Å². The van der Waals surface area contributed by atoms with Gasteiger partial charge in [-0.05, 0) is 18.6 Å². The molecule has 2 aliphatic heterocycles. The number of hydrogen-bond donors (Lipinski definition) is 0.